The first kappa shape index (κ1) is 15.1. The molecule has 118 valence electrons. The average Bonchev–Trinajstić information content (AvgIpc) is 3.02. The molecule has 4 rings (SSSR count). The zero-order valence-corrected chi connectivity index (χ0v) is 14.5. The fourth-order valence-electron chi connectivity index (χ4n) is 2.94. The second-order valence-electron chi connectivity index (χ2n) is 5.34. The van der Waals surface area contributed by atoms with Gasteiger partial charge in [0.25, 0.3) is 0 Å². The van der Waals surface area contributed by atoms with E-state index in [0.29, 0.717) is 10.7 Å². The molecule has 0 saturated carbocycles. The number of hydrogen-bond acceptors (Lipinski definition) is 4. The number of nitrogens with one attached hydrogen (secondary N) is 1. The summed E-state index contributed by atoms with van der Waals surface area (Å²) in [6.45, 7) is 2.14. The van der Waals surface area contributed by atoms with E-state index < -0.39 is 0 Å². The molecule has 1 N–H and O–H groups in total. The molecular weight excluding hydrogens is 351 g/mol. The number of nitrogens with zero attached hydrogens (tertiary/aromatic N) is 3. The van der Waals surface area contributed by atoms with Gasteiger partial charge in [0.2, 0.25) is 5.28 Å². The fourth-order valence-corrected chi connectivity index (χ4v) is 4.17. The molecule has 1 fully saturated rings. The summed E-state index contributed by atoms with van der Waals surface area (Å²) < 4.78 is 0. The second-order valence-corrected chi connectivity index (χ2v) is 7.31. The van der Waals surface area contributed by atoms with Crippen molar-refractivity contribution >= 4 is 51.6 Å². The van der Waals surface area contributed by atoms with Crippen LogP contribution in [0.3, 0.4) is 0 Å². The Morgan fingerprint density at radius 2 is 2.00 bits per heavy atom. The van der Waals surface area contributed by atoms with Crippen molar-refractivity contribution in [2.45, 2.75) is 0 Å². The molecule has 1 aliphatic heterocycles. The Kier molecular flexibility index (Phi) is 4.09. The third-order valence-corrected chi connectivity index (χ3v) is 5.42. The number of halogens is 2. The van der Waals surface area contributed by atoms with E-state index in [1.54, 1.807) is 0 Å². The Hall–Kier alpha value is -1.43. The van der Waals surface area contributed by atoms with Gasteiger partial charge in [-0.1, -0.05) is 23.7 Å². The minimum atomic E-state index is 0.197. The monoisotopic (exact) mass is 364 g/mol. The Balaban J connectivity index is 1.85. The number of thioether (sulfide) groups is 1. The first-order chi connectivity index (χ1) is 11.2. The highest BCUT2D eigenvalue weighted by Crippen LogP contribution is 2.36. The Morgan fingerprint density at radius 1 is 1.17 bits per heavy atom. The summed E-state index contributed by atoms with van der Waals surface area (Å²) in [7, 11) is 0. The number of H-pyrrole nitrogens is 1. The number of aromatic amines is 1. The second kappa shape index (κ2) is 6.23. The maximum absolute atomic E-state index is 6.27. The first-order valence-electron chi connectivity index (χ1n) is 7.35. The number of hydrogen-bond donors (Lipinski definition) is 1. The lowest BCUT2D eigenvalue weighted by Gasteiger charge is -2.28. The van der Waals surface area contributed by atoms with Crippen LogP contribution in [0.2, 0.25) is 10.3 Å². The van der Waals surface area contributed by atoms with Crippen LogP contribution in [-0.4, -0.2) is 39.5 Å². The van der Waals surface area contributed by atoms with Crippen LogP contribution in [0.15, 0.2) is 30.6 Å². The van der Waals surface area contributed by atoms with Gasteiger partial charge < -0.3 is 9.88 Å². The third kappa shape index (κ3) is 2.77. The van der Waals surface area contributed by atoms with Gasteiger partial charge in [-0.3, -0.25) is 0 Å². The van der Waals surface area contributed by atoms with E-state index in [4.69, 9.17) is 23.2 Å². The summed E-state index contributed by atoms with van der Waals surface area (Å²) in [6, 6.07) is 6.32. The van der Waals surface area contributed by atoms with Crippen molar-refractivity contribution in [2.75, 3.05) is 29.5 Å². The normalized spacial score (nSPS) is 15.3. The average molecular weight is 365 g/mol. The van der Waals surface area contributed by atoms with Crippen LogP contribution in [0.4, 0.5) is 5.69 Å². The van der Waals surface area contributed by atoms with Crippen molar-refractivity contribution < 1.29 is 0 Å². The Labute approximate surface area is 148 Å². The van der Waals surface area contributed by atoms with E-state index in [0.717, 1.165) is 41.1 Å². The Morgan fingerprint density at radius 3 is 2.83 bits per heavy atom. The molecule has 0 spiro atoms. The quantitative estimate of drug-likeness (QED) is 0.680. The van der Waals surface area contributed by atoms with Crippen LogP contribution in [0.1, 0.15) is 0 Å². The van der Waals surface area contributed by atoms with Crippen LogP contribution >= 0.6 is 35.0 Å². The lowest BCUT2D eigenvalue weighted by molar-refractivity contribution is 0.862. The number of fused-ring (bicyclic) bond motifs is 1. The van der Waals surface area contributed by atoms with Gasteiger partial charge >= 0.3 is 0 Å². The Bertz CT molecular complexity index is 858. The molecule has 3 heterocycles. The minimum Gasteiger partial charge on any atom is -0.368 e. The number of aromatic nitrogens is 3. The van der Waals surface area contributed by atoms with E-state index in [9.17, 15) is 0 Å². The minimum absolute atomic E-state index is 0.197. The van der Waals surface area contributed by atoms with Crippen molar-refractivity contribution in [1.82, 2.24) is 15.0 Å². The summed E-state index contributed by atoms with van der Waals surface area (Å²) in [5, 5.41) is 1.79. The van der Waals surface area contributed by atoms with Gasteiger partial charge in [-0.25, -0.2) is 9.97 Å². The zero-order chi connectivity index (χ0) is 15.8. The maximum atomic E-state index is 6.27. The number of anilines is 1. The smallest absolute Gasteiger partial charge is 0.222 e. The summed E-state index contributed by atoms with van der Waals surface area (Å²) in [5.74, 6) is 2.33. The predicted molar refractivity (Wildman–Crippen MR) is 98.9 cm³/mol. The number of benzene rings is 1. The van der Waals surface area contributed by atoms with Crippen molar-refractivity contribution in [3.63, 3.8) is 0 Å². The van der Waals surface area contributed by atoms with Gasteiger partial charge in [-0.05, 0) is 17.7 Å². The molecular formula is C16H14Cl2N4S. The topological polar surface area (TPSA) is 44.8 Å². The van der Waals surface area contributed by atoms with Crippen LogP contribution in [0.5, 0.6) is 0 Å². The molecule has 0 amide bonds. The first-order valence-corrected chi connectivity index (χ1v) is 9.26. The van der Waals surface area contributed by atoms with Gasteiger partial charge in [-0.15, -0.1) is 0 Å². The maximum Gasteiger partial charge on any atom is 0.222 e. The standard InChI is InChI=1S/C16H14Cl2N4S/c17-12-9-20-16(18)21-14(12)11-8-19-15-10(11)2-1-3-13(15)22-4-6-23-7-5-22/h1-3,8-9,19H,4-7H2. The van der Waals surface area contributed by atoms with E-state index in [-0.39, 0.29) is 5.28 Å². The fraction of sp³-hybridized carbons (Fsp3) is 0.250. The highest BCUT2D eigenvalue weighted by molar-refractivity contribution is 7.99. The zero-order valence-electron chi connectivity index (χ0n) is 12.2. The van der Waals surface area contributed by atoms with Gasteiger partial charge in [0.1, 0.15) is 0 Å². The van der Waals surface area contributed by atoms with Gasteiger partial charge in [0.05, 0.1) is 28.1 Å². The molecule has 1 saturated heterocycles. The molecule has 0 bridgehead atoms. The third-order valence-electron chi connectivity index (χ3n) is 4.02. The van der Waals surface area contributed by atoms with E-state index >= 15 is 0 Å². The molecule has 2 aromatic heterocycles. The highest BCUT2D eigenvalue weighted by atomic mass is 35.5. The largest absolute Gasteiger partial charge is 0.368 e. The summed E-state index contributed by atoms with van der Waals surface area (Å²) in [5.41, 5.74) is 3.94. The van der Waals surface area contributed by atoms with Crippen molar-refractivity contribution in [3.05, 3.63) is 40.9 Å². The highest BCUT2D eigenvalue weighted by Gasteiger charge is 2.18. The lowest BCUT2D eigenvalue weighted by atomic mass is 10.1. The van der Waals surface area contributed by atoms with Crippen molar-refractivity contribution in [2.24, 2.45) is 0 Å². The molecule has 0 unspecified atom stereocenters. The summed E-state index contributed by atoms with van der Waals surface area (Å²) >= 11 is 14.2. The molecule has 0 aliphatic carbocycles. The molecule has 7 heteroatoms. The van der Waals surface area contributed by atoms with Crippen molar-refractivity contribution in [1.29, 1.82) is 0 Å². The predicted octanol–water partition coefficient (Wildman–Crippen LogP) is 4.48. The van der Waals surface area contributed by atoms with E-state index in [2.05, 4.69) is 38.1 Å². The molecule has 1 aliphatic rings. The van der Waals surface area contributed by atoms with Gasteiger partial charge in [-0.2, -0.15) is 11.8 Å². The SMILES string of the molecule is Clc1ncc(Cl)c(-c2c[nH]c3c(N4CCSCC4)cccc23)n1. The van der Waals surface area contributed by atoms with Crippen LogP contribution in [-0.2, 0) is 0 Å². The summed E-state index contributed by atoms with van der Waals surface area (Å²) in [4.78, 5) is 14.0. The van der Waals surface area contributed by atoms with Crippen molar-refractivity contribution in [3.8, 4) is 11.3 Å². The van der Waals surface area contributed by atoms with E-state index in [1.807, 2.05) is 18.0 Å². The van der Waals surface area contributed by atoms with Crippen LogP contribution in [0.25, 0.3) is 22.2 Å². The number of rotatable bonds is 2. The summed E-state index contributed by atoms with van der Waals surface area (Å²) in [6.07, 6.45) is 3.48. The molecule has 3 aromatic rings. The van der Waals surface area contributed by atoms with Gasteiger partial charge in [0.15, 0.2) is 0 Å². The van der Waals surface area contributed by atoms with E-state index in [1.165, 1.54) is 11.9 Å². The number of para-hydroxylation sites is 1. The van der Waals surface area contributed by atoms with Gasteiger partial charge in [0, 0.05) is 41.7 Å². The van der Waals surface area contributed by atoms with Crippen LogP contribution in [0, 0.1) is 0 Å². The molecule has 4 nitrogen and oxygen atoms in total. The molecule has 1 aromatic carbocycles. The lowest BCUT2D eigenvalue weighted by Crippen LogP contribution is -2.32. The molecule has 0 radical (unpaired) electrons. The van der Waals surface area contributed by atoms with Crippen LogP contribution < -0.4 is 4.90 Å². The molecule has 23 heavy (non-hydrogen) atoms. The molecule has 0 atom stereocenters.